The van der Waals surface area contributed by atoms with Crippen LogP contribution in [0.3, 0.4) is 0 Å². The summed E-state index contributed by atoms with van der Waals surface area (Å²) in [6.45, 7) is 9.91. The fourth-order valence-electron chi connectivity index (χ4n) is 3.51. The fourth-order valence-corrected chi connectivity index (χ4v) is 4.12. The van der Waals surface area contributed by atoms with Gasteiger partial charge in [-0.15, -0.1) is 11.3 Å². The molecule has 0 bridgehead atoms. The average molecular weight is 485 g/mol. The number of ether oxygens (including phenoxy) is 2. The summed E-state index contributed by atoms with van der Waals surface area (Å²) in [4.78, 5) is 33.8. The number of methoxy groups -OCH3 is 1. The molecule has 3 aromatic rings. The Morgan fingerprint density at radius 1 is 1.15 bits per heavy atom. The highest BCUT2D eigenvalue weighted by atomic mass is 32.1. The largest absolute Gasteiger partial charge is 0.497 e. The molecule has 2 aromatic heterocycles. The van der Waals surface area contributed by atoms with E-state index in [9.17, 15) is 9.59 Å². The number of H-pyrrole nitrogens is 1. The number of carbonyl (C=O) groups is 2. The van der Waals surface area contributed by atoms with Crippen LogP contribution >= 0.6 is 11.3 Å². The molecule has 34 heavy (non-hydrogen) atoms. The maximum atomic E-state index is 13.3. The maximum Gasteiger partial charge on any atom is 0.355 e. The third-order valence-corrected chi connectivity index (χ3v) is 5.84. The first kappa shape index (κ1) is 25.3. The Bertz CT molecular complexity index is 1140. The van der Waals surface area contributed by atoms with E-state index in [-0.39, 0.29) is 5.91 Å². The minimum atomic E-state index is -0.653. The lowest BCUT2D eigenvalue weighted by Crippen LogP contribution is -2.26. The Labute approximate surface area is 204 Å². The van der Waals surface area contributed by atoms with Gasteiger partial charge in [-0.05, 0) is 63.9 Å². The van der Waals surface area contributed by atoms with Gasteiger partial charge < -0.3 is 25.1 Å². The van der Waals surface area contributed by atoms with Crippen molar-refractivity contribution in [1.29, 1.82) is 0 Å². The van der Waals surface area contributed by atoms with Crippen LogP contribution in [0, 0.1) is 6.92 Å². The second kappa shape index (κ2) is 10.7. The highest BCUT2D eigenvalue weighted by molar-refractivity contribution is 7.09. The monoisotopic (exact) mass is 484 g/mol. The predicted molar refractivity (Wildman–Crippen MR) is 134 cm³/mol. The van der Waals surface area contributed by atoms with E-state index < -0.39 is 11.6 Å². The van der Waals surface area contributed by atoms with E-state index in [0.717, 1.165) is 22.1 Å². The maximum absolute atomic E-state index is 13.3. The summed E-state index contributed by atoms with van der Waals surface area (Å²) in [5, 5.41) is 9.12. The van der Waals surface area contributed by atoms with Gasteiger partial charge in [-0.25, -0.2) is 9.78 Å². The van der Waals surface area contributed by atoms with E-state index in [1.54, 1.807) is 7.11 Å². The SMILES string of the molecule is CCc1c(C(=O)OC(C)(C)C)[nH]c(CNc2ccc(OC)cc2)c1C(=O)NCc1csc(C)n1. The number of hydrogen-bond acceptors (Lipinski definition) is 7. The number of nitrogens with one attached hydrogen (secondary N) is 3. The van der Waals surface area contributed by atoms with Gasteiger partial charge in [0, 0.05) is 16.8 Å². The number of hydrogen-bond donors (Lipinski definition) is 3. The smallest absolute Gasteiger partial charge is 0.355 e. The topological polar surface area (TPSA) is 105 Å². The summed E-state index contributed by atoms with van der Waals surface area (Å²) in [7, 11) is 1.61. The Balaban J connectivity index is 1.89. The van der Waals surface area contributed by atoms with E-state index in [4.69, 9.17) is 9.47 Å². The van der Waals surface area contributed by atoms with Crippen LogP contribution in [0.5, 0.6) is 5.75 Å². The standard InChI is InChI=1S/C25H32N4O4S/c1-7-19-21(23(30)27-12-17-14-34-15(2)28-17)20(29-22(19)24(31)33-25(3,4)5)13-26-16-8-10-18(32-6)11-9-16/h8-11,14,26,29H,7,12-13H2,1-6H3,(H,27,30). The Hall–Kier alpha value is -3.33. The van der Waals surface area contributed by atoms with Crippen LogP contribution < -0.4 is 15.4 Å². The Kier molecular flexibility index (Phi) is 7.98. The van der Waals surface area contributed by atoms with Crippen molar-refractivity contribution in [2.45, 2.75) is 59.7 Å². The molecule has 8 nitrogen and oxygen atoms in total. The van der Waals surface area contributed by atoms with Crippen molar-refractivity contribution in [3.05, 3.63) is 62.9 Å². The first-order valence-electron chi connectivity index (χ1n) is 11.2. The van der Waals surface area contributed by atoms with Gasteiger partial charge in [0.25, 0.3) is 5.91 Å². The van der Waals surface area contributed by atoms with Crippen molar-refractivity contribution in [3.8, 4) is 5.75 Å². The summed E-state index contributed by atoms with van der Waals surface area (Å²) in [6, 6.07) is 7.48. The third kappa shape index (κ3) is 6.38. The molecule has 1 aromatic carbocycles. The molecule has 0 saturated carbocycles. The van der Waals surface area contributed by atoms with Crippen molar-refractivity contribution in [2.75, 3.05) is 12.4 Å². The van der Waals surface area contributed by atoms with Gasteiger partial charge in [-0.3, -0.25) is 4.79 Å². The molecule has 182 valence electrons. The van der Waals surface area contributed by atoms with Gasteiger partial charge in [0.2, 0.25) is 0 Å². The number of benzene rings is 1. The summed E-state index contributed by atoms with van der Waals surface area (Å²) in [5.74, 6) is 0.00700. The number of amides is 1. The molecule has 2 heterocycles. The highest BCUT2D eigenvalue weighted by Crippen LogP contribution is 2.25. The highest BCUT2D eigenvalue weighted by Gasteiger charge is 2.28. The minimum Gasteiger partial charge on any atom is -0.497 e. The van der Waals surface area contributed by atoms with Crippen molar-refractivity contribution in [1.82, 2.24) is 15.3 Å². The number of thiazole rings is 1. The van der Waals surface area contributed by atoms with Crippen LogP contribution in [0.2, 0.25) is 0 Å². The second-order valence-corrected chi connectivity index (χ2v) is 9.87. The fraction of sp³-hybridized carbons (Fsp3) is 0.400. The zero-order valence-corrected chi connectivity index (χ0v) is 21.3. The number of aromatic amines is 1. The molecule has 9 heteroatoms. The van der Waals surface area contributed by atoms with Crippen molar-refractivity contribution >= 4 is 28.9 Å². The number of aromatic nitrogens is 2. The summed E-state index contributed by atoms with van der Waals surface area (Å²) >= 11 is 1.54. The summed E-state index contributed by atoms with van der Waals surface area (Å²) in [5.41, 5.74) is 3.01. The molecule has 0 unspecified atom stereocenters. The summed E-state index contributed by atoms with van der Waals surface area (Å²) in [6.07, 6.45) is 0.492. The van der Waals surface area contributed by atoms with Crippen molar-refractivity contribution in [3.63, 3.8) is 0 Å². The lowest BCUT2D eigenvalue weighted by atomic mass is 10.0. The number of nitrogens with zero attached hydrogens (tertiary/aromatic N) is 1. The first-order valence-corrected chi connectivity index (χ1v) is 12.0. The van der Waals surface area contributed by atoms with Crippen LogP contribution in [0.25, 0.3) is 0 Å². The molecule has 0 aliphatic rings. The molecule has 0 radical (unpaired) electrons. The number of anilines is 1. The molecule has 0 aliphatic carbocycles. The van der Waals surface area contributed by atoms with E-state index >= 15 is 0 Å². The molecular weight excluding hydrogens is 452 g/mol. The number of carbonyl (C=O) groups excluding carboxylic acids is 2. The van der Waals surface area contributed by atoms with E-state index in [0.29, 0.717) is 42.0 Å². The molecule has 3 rings (SSSR count). The molecule has 1 amide bonds. The van der Waals surface area contributed by atoms with Gasteiger partial charge in [0.15, 0.2) is 0 Å². The van der Waals surface area contributed by atoms with Crippen molar-refractivity contribution in [2.24, 2.45) is 0 Å². The van der Waals surface area contributed by atoms with E-state index in [1.165, 1.54) is 11.3 Å². The van der Waals surface area contributed by atoms with Gasteiger partial charge in [0.05, 0.1) is 36.5 Å². The van der Waals surface area contributed by atoms with Crippen molar-refractivity contribution < 1.29 is 19.1 Å². The molecule has 0 aliphatic heterocycles. The number of aryl methyl sites for hydroxylation is 1. The van der Waals surface area contributed by atoms with Gasteiger partial charge in [-0.2, -0.15) is 0 Å². The molecule has 0 spiro atoms. The molecule has 0 fully saturated rings. The minimum absolute atomic E-state index is 0.264. The van der Waals surface area contributed by atoms with Crippen LogP contribution in [-0.4, -0.2) is 34.6 Å². The predicted octanol–water partition coefficient (Wildman–Crippen LogP) is 4.85. The molecule has 3 N–H and O–H groups in total. The van der Waals surface area contributed by atoms with Gasteiger partial charge in [-0.1, -0.05) is 6.92 Å². The van der Waals surface area contributed by atoms with Crippen LogP contribution in [-0.2, 0) is 24.2 Å². The molecular formula is C25H32N4O4S. The second-order valence-electron chi connectivity index (χ2n) is 8.81. The lowest BCUT2D eigenvalue weighted by molar-refractivity contribution is 0.00622. The lowest BCUT2D eigenvalue weighted by Gasteiger charge is -2.19. The average Bonchev–Trinajstić information content (AvgIpc) is 3.38. The first-order chi connectivity index (χ1) is 16.1. The zero-order valence-electron chi connectivity index (χ0n) is 20.5. The van der Waals surface area contributed by atoms with Crippen LogP contribution in [0.15, 0.2) is 29.6 Å². The van der Waals surface area contributed by atoms with E-state index in [2.05, 4.69) is 20.6 Å². The van der Waals surface area contributed by atoms with Gasteiger partial charge >= 0.3 is 5.97 Å². The Morgan fingerprint density at radius 2 is 1.85 bits per heavy atom. The molecule has 0 saturated heterocycles. The van der Waals surface area contributed by atoms with Crippen LogP contribution in [0.1, 0.15) is 70.5 Å². The van der Waals surface area contributed by atoms with Crippen LogP contribution in [0.4, 0.5) is 5.69 Å². The molecule has 0 atom stereocenters. The normalized spacial score (nSPS) is 11.2. The zero-order chi connectivity index (χ0) is 24.9. The third-order valence-electron chi connectivity index (χ3n) is 5.02. The quantitative estimate of drug-likeness (QED) is 0.375. The number of rotatable bonds is 9. The van der Waals surface area contributed by atoms with E-state index in [1.807, 2.05) is 64.3 Å². The summed E-state index contributed by atoms with van der Waals surface area (Å²) < 4.78 is 10.8. The Morgan fingerprint density at radius 3 is 2.41 bits per heavy atom. The number of esters is 1. The van der Waals surface area contributed by atoms with Gasteiger partial charge in [0.1, 0.15) is 17.0 Å².